The number of nitrogens with zero attached hydrogens (tertiary/aromatic N) is 3. The van der Waals surface area contributed by atoms with Gasteiger partial charge in [-0.05, 0) is 63.1 Å². The van der Waals surface area contributed by atoms with E-state index in [9.17, 15) is 4.79 Å². The van der Waals surface area contributed by atoms with Crippen molar-refractivity contribution in [2.45, 2.75) is 51.0 Å². The van der Waals surface area contributed by atoms with Crippen molar-refractivity contribution in [3.63, 3.8) is 0 Å². The highest BCUT2D eigenvalue weighted by Crippen LogP contribution is 2.33. The summed E-state index contributed by atoms with van der Waals surface area (Å²) in [5.41, 5.74) is 4.09. The molecule has 6 heteroatoms. The second-order valence-electron chi connectivity index (χ2n) is 8.20. The normalized spacial score (nSPS) is 24.5. The van der Waals surface area contributed by atoms with Gasteiger partial charge in [-0.25, -0.2) is 4.68 Å². The molecule has 5 nitrogen and oxygen atoms in total. The molecule has 0 bridgehead atoms. The molecule has 148 valence electrons. The molecule has 0 saturated carbocycles. The maximum Gasteiger partial charge on any atom is 0.274 e. The van der Waals surface area contributed by atoms with Crippen LogP contribution < -0.4 is 0 Å². The average Bonchev–Trinajstić information content (AvgIpc) is 3.13. The average molecular weight is 444 g/mol. The Balaban J connectivity index is 1.53. The number of benzene rings is 1. The predicted molar refractivity (Wildman–Crippen MR) is 111 cm³/mol. The van der Waals surface area contributed by atoms with E-state index in [1.807, 2.05) is 16.8 Å². The van der Waals surface area contributed by atoms with Gasteiger partial charge in [0.2, 0.25) is 0 Å². The van der Waals surface area contributed by atoms with E-state index in [1.54, 1.807) is 0 Å². The highest BCUT2D eigenvalue weighted by atomic mass is 79.9. The van der Waals surface area contributed by atoms with Gasteiger partial charge in [0.05, 0.1) is 12.3 Å². The summed E-state index contributed by atoms with van der Waals surface area (Å²) in [6.07, 6.45) is 7.41. The Bertz CT molecular complexity index is 892. The van der Waals surface area contributed by atoms with Crippen LogP contribution in [0.4, 0.5) is 0 Å². The molecule has 1 amide bonds. The number of hydrogen-bond donors (Lipinski definition) is 0. The fraction of sp³-hybridized carbons (Fsp3) is 0.545. The number of amides is 1. The Morgan fingerprint density at radius 2 is 2.07 bits per heavy atom. The molecule has 28 heavy (non-hydrogen) atoms. The molecule has 0 N–H and O–H groups in total. The number of aromatic nitrogens is 2. The van der Waals surface area contributed by atoms with Gasteiger partial charge in [0.1, 0.15) is 0 Å². The standard InChI is InChI=1S/C22H26BrN3O2/c23-16-6-3-7-17(13-16)26-20-9-2-1-8-18(20)21(24-26)22(27)25-11-4-5-15-14-28-12-10-19(15)25/h3,6-7,13,15,19H,1-2,4-5,8-12,14H2/t15-,19-/m1/s1. The number of fused-ring (bicyclic) bond motifs is 2. The maximum absolute atomic E-state index is 13.6. The summed E-state index contributed by atoms with van der Waals surface area (Å²) in [6, 6.07) is 8.49. The zero-order chi connectivity index (χ0) is 19.1. The minimum absolute atomic E-state index is 0.128. The summed E-state index contributed by atoms with van der Waals surface area (Å²) < 4.78 is 8.71. The number of rotatable bonds is 2. The number of ether oxygens (including phenoxy) is 1. The van der Waals surface area contributed by atoms with Gasteiger partial charge >= 0.3 is 0 Å². The Kier molecular flexibility index (Phi) is 5.01. The molecule has 0 spiro atoms. The summed E-state index contributed by atoms with van der Waals surface area (Å²) >= 11 is 3.56. The number of piperidine rings is 1. The second-order valence-corrected chi connectivity index (χ2v) is 9.12. The first-order chi connectivity index (χ1) is 13.7. The minimum Gasteiger partial charge on any atom is -0.381 e. The van der Waals surface area contributed by atoms with Gasteiger partial charge in [0, 0.05) is 40.8 Å². The second kappa shape index (κ2) is 7.64. The third kappa shape index (κ3) is 3.20. The highest BCUT2D eigenvalue weighted by molar-refractivity contribution is 9.10. The summed E-state index contributed by atoms with van der Waals surface area (Å²) in [5, 5.41) is 4.89. The largest absolute Gasteiger partial charge is 0.381 e. The Hall–Kier alpha value is -1.66. The van der Waals surface area contributed by atoms with Crippen molar-refractivity contribution >= 4 is 21.8 Å². The Labute approximate surface area is 174 Å². The van der Waals surface area contributed by atoms with Gasteiger partial charge in [0.25, 0.3) is 5.91 Å². The fourth-order valence-electron chi connectivity index (χ4n) is 5.14. The van der Waals surface area contributed by atoms with Gasteiger partial charge in [-0.2, -0.15) is 5.10 Å². The lowest BCUT2D eigenvalue weighted by Crippen LogP contribution is -2.52. The Morgan fingerprint density at radius 3 is 2.96 bits per heavy atom. The van der Waals surface area contributed by atoms with Gasteiger partial charge < -0.3 is 9.64 Å². The van der Waals surface area contributed by atoms with Gasteiger partial charge in [-0.1, -0.05) is 22.0 Å². The lowest BCUT2D eigenvalue weighted by atomic mass is 9.86. The van der Waals surface area contributed by atoms with Crippen LogP contribution in [0.1, 0.15) is 53.8 Å². The quantitative estimate of drug-likeness (QED) is 0.699. The zero-order valence-electron chi connectivity index (χ0n) is 16.1. The van der Waals surface area contributed by atoms with Crippen LogP contribution in [0.15, 0.2) is 28.7 Å². The summed E-state index contributed by atoms with van der Waals surface area (Å²) in [7, 11) is 0. The van der Waals surface area contributed by atoms with Crippen molar-refractivity contribution in [1.82, 2.24) is 14.7 Å². The molecule has 0 unspecified atom stereocenters. The molecule has 0 radical (unpaired) electrons. The maximum atomic E-state index is 13.6. The molecule has 2 aliphatic heterocycles. The van der Waals surface area contributed by atoms with E-state index < -0.39 is 0 Å². The van der Waals surface area contributed by atoms with Crippen molar-refractivity contribution in [2.24, 2.45) is 5.92 Å². The van der Waals surface area contributed by atoms with Crippen LogP contribution in [0.25, 0.3) is 5.69 Å². The molecule has 5 rings (SSSR count). The van der Waals surface area contributed by atoms with E-state index in [-0.39, 0.29) is 5.91 Å². The number of carbonyl (C=O) groups excluding carboxylic acids is 1. The monoisotopic (exact) mass is 443 g/mol. The van der Waals surface area contributed by atoms with Gasteiger partial charge in [-0.15, -0.1) is 0 Å². The van der Waals surface area contributed by atoms with Crippen LogP contribution >= 0.6 is 15.9 Å². The van der Waals surface area contributed by atoms with Gasteiger partial charge in [0.15, 0.2) is 5.69 Å². The summed E-state index contributed by atoms with van der Waals surface area (Å²) in [5.74, 6) is 0.609. The molecule has 1 aliphatic carbocycles. The molecule has 2 aromatic rings. The van der Waals surface area contributed by atoms with Crippen LogP contribution in [-0.4, -0.2) is 46.4 Å². The number of hydrogen-bond acceptors (Lipinski definition) is 3. The molecule has 1 aromatic heterocycles. The number of likely N-dealkylation sites (tertiary alicyclic amines) is 1. The third-order valence-electron chi connectivity index (χ3n) is 6.50. The lowest BCUT2D eigenvalue weighted by Gasteiger charge is -2.43. The number of carbonyl (C=O) groups is 1. The van der Waals surface area contributed by atoms with Gasteiger partial charge in [-0.3, -0.25) is 4.79 Å². The fourth-order valence-corrected chi connectivity index (χ4v) is 5.53. The third-order valence-corrected chi connectivity index (χ3v) is 7.00. The summed E-state index contributed by atoms with van der Waals surface area (Å²) in [6.45, 7) is 2.40. The van der Waals surface area contributed by atoms with E-state index in [0.29, 0.717) is 17.7 Å². The Morgan fingerprint density at radius 1 is 1.18 bits per heavy atom. The zero-order valence-corrected chi connectivity index (χ0v) is 17.7. The molecule has 3 aliphatic rings. The molecule has 3 heterocycles. The molecular weight excluding hydrogens is 418 g/mol. The van der Waals surface area contributed by atoms with E-state index in [0.717, 1.165) is 68.4 Å². The first-order valence-corrected chi connectivity index (χ1v) is 11.3. The van der Waals surface area contributed by atoms with E-state index >= 15 is 0 Å². The summed E-state index contributed by atoms with van der Waals surface area (Å²) in [4.78, 5) is 15.7. The predicted octanol–water partition coefficient (Wildman–Crippen LogP) is 4.15. The van der Waals surface area contributed by atoms with Crippen molar-refractivity contribution in [2.75, 3.05) is 19.8 Å². The first kappa shape index (κ1) is 18.4. The van der Waals surface area contributed by atoms with E-state index in [4.69, 9.17) is 9.84 Å². The van der Waals surface area contributed by atoms with Crippen LogP contribution in [0.2, 0.25) is 0 Å². The first-order valence-electron chi connectivity index (χ1n) is 10.5. The minimum atomic E-state index is 0.128. The van der Waals surface area contributed by atoms with E-state index in [2.05, 4.69) is 33.0 Å². The SMILES string of the molecule is O=C(c1nn(-c2cccc(Br)c2)c2c1CCCC2)N1CCC[C@@H]2COCC[C@H]21. The van der Waals surface area contributed by atoms with Crippen LogP contribution in [-0.2, 0) is 17.6 Å². The highest BCUT2D eigenvalue weighted by Gasteiger charge is 2.38. The van der Waals surface area contributed by atoms with Crippen LogP contribution in [0.5, 0.6) is 0 Å². The van der Waals surface area contributed by atoms with Crippen molar-refractivity contribution in [3.8, 4) is 5.69 Å². The van der Waals surface area contributed by atoms with E-state index in [1.165, 1.54) is 17.7 Å². The van der Waals surface area contributed by atoms with Crippen molar-refractivity contribution < 1.29 is 9.53 Å². The molecule has 2 atom stereocenters. The van der Waals surface area contributed by atoms with Crippen molar-refractivity contribution in [1.29, 1.82) is 0 Å². The van der Waals surface area contributed by atoms with Crippen molar-refractivity contribution in [3.05, 3.63) is 45.7 Å². The van der Waals surface area contributed by atoms with Crippen LogP contribution in [0, 0.1) is 5.92 Å². The molecule has 2 fully saturated rings. The molecule has 2 saturated heterocycles. The smallest absolute Gasteiger partial charge is 0.274 e. The molecular formula is C22H26BrN3O2. The topological polar surface area (TPSA) is 47.4 Å². The lowest BCUT2D eigenvalue weighted by molar-refractivity contribution is -0.0273. The van der Waals surface area contributed by atoms with Crippen LogP contribution in [0.3, 0.4) is 0 Å². The number of halogens is 1. The molecule has 1 aromatic carbocycles.